The van der Waals surface area contributed by atoms with Gasteiger partial charge < -0.3 is 20.2 Å². The topological polar surface area (TPSA) is 160 Å². The van der Waals surface area contributed by atoms with E-state index >= 15 is 0 Å². The summed E-state index contributed by atoms with van der Waals surface area (Å²) in [6.07, 6.45) is -0.718. The zero-order chi connectivity index (χ0) is 16.8. The molecule has 0 saturated heterocycles. The molecule has 0 heterocycles. The van der Waals surface area contributed by atoms with Crippen molar-refractivity contribution >= 4 is 23.9 Å². The van der Waals surface area contributed by atoms with Crippen molar-refractivity contribution in [3.63, 3.8) is 0 Å². The maximum atomic E-state index is 11.4. The van der Waals surface area contributed by atoms with Gasteiger partial charge in [0.2, 0.25) is 0 Å². The number of carbonyl (C=O) groups is 4. The number of aliphatic carboxylic acids is 3. The number of amides is 2. The van der Waals surface area contributed by atoms with Crippen molar-refractivity contribution < 1.29 is 34.5 Å². The van der Waals surface area contributed by atoms with Crippen molar-refractivity contribution in [3.05, 3.63) is 0 Å². The van der Waals surface area contributed by atoms with Crippen molar-refractivity contribution in [2.45, 2.75) is 6.42 Å². The van der Waals surface area contributed by atoms with Crippen LogP contribution in [0, 0.1) is 5.41 Å². The predicted octanol–water partition coefficient (Wildman–Crippen LogP) is -1.76. The van der Waals surface area contributed by atoms with E-state index in [1.54, 1.807) is 0 Å². The van der Waals surface area contributed by atoms with Crippen LogP contribution in [0.5, 0.6) is 0 Å². The number of carboxylic acids is 3. The molecule has 21 heavy (non-hydrogen) atoms. The zero-order valence-electron chi connectivity index (χ0n) is 11.8. The van der Waals surface area contributed by atoms with Crippen molar-refractivity contribution in [1.82, 2.24) is 20.9 Å². The van der Waals surface area contributed by atoms with Gasteiger partial charge in [0, 0.05) is 27.7 Å². The molecule has 0 atom stereocenters. The first kappa shape index (κ1) is 18.6. The molecule has 11 nitrogen and oxygen atoms in total. The van der Waals surface area contributed by atoms with Crippen LogP contribution in [-0.4, -0.2) is 76.9 Å². The van der Waals surface area contributed by atoms with Crippen LogP contribution in [0.1, 0.15) is 6.42 Å². The molecule has 0 spiro atoms. The second-order valence-electron chi connectivity index (χ2n) is 4.35. The van der Waals surface area contributed by atoms with E-state index in [0.717, 1.165) is 5.01 Å². The Kier molecular flexibility index (Phi) is 6.55. The third-order valence-corrected chi connectivity index (χ3v) is 2.64. The largest absolute Gasteiger partial charge is 0.480 e. The van der Waals surface area contributed by atoms with Crippen LogP contribution in [-0.2, 0) is 14.4 Å². The summed E-state index contributed by atoms with van der Waals surface area (Å²) in [7, 11) is 4.38. The lowest BCUT2D eigenvalue weighted by atomic mass is 9.84. The third-order valence-electron chi connectivity index (χ3n) is 2.64. The Bertz CT molecular complexity index is 401. The number of hydrazine groups is 2. The molecule has 0 fully saturated rings. The quantitative estimate of drug-likeness (QED) is 0.199. The van der Waals surface area contributed by atoms with Gasteiger partial charge >= 0.3 is 23.9 Å². The van der Waals surface area contributed by atoms with Gasteiger partial charge in [0.15, 0.2) is 0 Å². The van der Waals surface area contributed by atoms with Crippen LogP contribution in [0.4, 0.5) is 4.79 Å². The molecule has 0 aliphatic heterocycles. The summed E-state index contributed by atoms with van der Waals surface area (Å²) in [5.74, 6) is -5.91. The third kappa shape index (κ3) is 4.29. The summed E-state index contributed by atoms with van der Waals surface area (Å²) in [6, 6.07) is -0.427. The highest BCUT2D eigenvalue weighted by molar-refractivity contribution is 6.16. The summed E-state index contributed by atoms with van der Waals surface area (Å²) < 4.78 is 0. The number of carboxylic acid groups (broad SMARTS) is 3. The standard InChI is InChI=1S/C10H18N4O7/c1-13(2)9(21)14(3)12-11-5-4-10(6(15)16,7(17)18)8(19)20/h11-12H,4-5H2,1-3H3,(H,15,16)(H,17,18)(H,19,20). The second-order valence-corrected chi connectivity index (χ2v) is 4.35. The Morgan fingerprint density at radius 3 is 1.71 bits per heavy atom. The molecular formula is C10H18N4O7. The lowest BCUT2D eigenvalue weighted by Gasteiger charge is -2.24. The molecule has 0 rings (SSSR count). The van der Waals surface area contributed by atoms with Crippen LogP contribution in [0.2, 0.25) is 0 Å². The van der Waals surface area contributed by atoms with Gasteiger partial charge in [-0.15, -0.1) is 0 Å². The van der Waals surface area contributed by atoms with E-state index < -0.39 is 35.8 Å². The number of nitrogens with one attached hydrogen (secondary N) is 2. The summed E-state index contributed by atoms with van der Waals surface area (Å²) in [6.45, 7) is -0.310. The summed E-state index contributed by atoms with van der Waals surface area (Å²) in [5, 5.41) is 27.6. The molecule has 0 aliphatic rings. The SMILES string of the molecule is CN(C)C(=O)N(C)NNCCC(C(=O)O)(C(=O)O)C(=O)O. The molecule has 2 amide bonds. The lowest BCUT2D eigenvalue weighted by Crippen LogP contribution is -2.53. The minimum atomic E-state index is -2.95. The number of nitrogens with zero attached hydrogens (tertiary/aromatic N) is 2. The molecule has 5 N–H and O–H groups in total. The predicted molar refractivity (Wildman–Crippen MR) is 67.9 cm³/mol. The van der Waals surface area contributed by atoms with Crippen molar-refractivity contribution in [2.24, 2.45) is 5.41 Å². The maximum Gasteiger partial charge on any atom is 0.334 e. The molecule has 0 saturated carbocycles. The van der Waals surface area contributed by atoms with Gasteiger partial charge in [-0.2, -0.15) is 5.53 Å². The highest BCUT2D eigenvalue weighted by Gasteiger charge is 2.54. The van der Waals surface area contributed by atoms with Crippen LogP contribution in [0.15, 0.2) is 0 Å². The van der Waals surface area contributed by atoms with E-state index in [4.69, 9.17) is 15.3 Å². The fourth-order valence-electron chi connectivity index (χ4n) is 1.37. The van der Waals surface area contributed by atoms with Crippen LogP contribution in [0.3, 0.4) is 0 Å². The molecule has 0 bridgehead atoms. The van der Waals surface area contributed by atoms with Gasteiger partial charge in [-0.3, -0.25) is 14.4 Å². The van der Waals surface area contributed by atoms with Gasteiger partial charge in [0.25, 0.3) is 5.41 Å². The van der Waals surface area contributed by atoms with Gasteiger partial charge in [0.05, 0.1) is 0 Å². The lowest BCUT2D eigenvalue weighted by molar-refractivity contribution is -0.176. The molecule has 0 aromatic rings. The van der Waals surface area contributed by atoms with Crippen molar-refractivity contribution in [1.29, 1.82) is 0 Å². The fourth-order valence-corrected chi connectivity index (χ4v) is 1.37. The summed E-state index contributed by atoms with van der Waals surface area (Å²) >= 11 is 0. The average molecular weight is 306 g/mol. The maximum absolute atomic E-state index is 11.4. The van der Waals surface area contributed by atoms with Crippen molar-refractivity contribution in [3.8, 4) is 0 Å². The molecule has 0 radical (unpaired) electrons. The normalized spacial score (nSPS) is 10.8. The average Bonchev–Trinajstić information content (AvgIpc) is 2.35. The first-order valence-electron chi connectivity index (χ1n) is 5.71. The Morgan fingerprint density at radius 1 is 0.952 bits per heavy atom. The molecule has 0 aliphatic carbocycles. The Balaban J connectivity index is 4.61. The highest BCUT2D eigenvalue weighted by atomic mass is 16.4. The van der Waals surface area contributed by atoms with Crippen LogP contribution >= 0.6 is 0 Å². The number of carbonyl (C=O) groups excluding carboxylic acids is 1. The minimum absolute atomic E-state index is 0.310. The van der Waals surface area contributed by atoms with Crippen molar-refractivity contribution in [2.75, 3.05) is 27.7 Å². The highest BCUT2D eigenvalue weighted by Crippen LogP contribution is 2.23. The first-order valence-corrected chi connectivity index (χ1v) is 5.71. The smallest absolute Gasteiger partial charge is 0.334 e. The number of rotatable bonds is 8. The summed E-state index contributed by atoms with van der Waals surface area (Å²) in [4.78, 5) is 45.5. The van der Waals surface area contributed by atoms with Crippen LogP contribution < -0.4 is 11.0 Å². The molecule has 0 aromatic carbocycles. The molecule has 120 valence electrons. The van der Waals surface area contributed by atoms with E-state index in [0.29, 0.717) is 0 Å². The second kappa shape index (κ2) is 7.40. The molecule has 0 aromatic heterocycles. The van der Waals surface area contributed by atoms with E-state index in [2.05, 4.69) is 11.0 Å². The number of hydrogen-bond donors (Lipinski definition) is 5. The Labute approximate surface area is 120 Å². The first-order chi connectivity index (χ1) is 9.57. The fraction of sp³-hybridized carbons (Fsp3) is 0.600. The van der Waals surface area contributed by atoms with E-state index in [-0.39, 0.29) is 6.54 Å². The number of urea groups is 1. The van der Waals surface area contributed by atoms with Crippen LogP contribution in [0.25, 0.3) is 0 Å². The molecule has 11 heteroatoms. The minimum Gasteiger partial charge on any atom is -0.480 e. The van der Waals surface area contributed by atoms with E-state index in [9.17, 15) is 19.2 Å². The molecular weight excluding hydrogens is 288 g/mol. The van der Waals surface area contributed by atoms with Gasteiger partial charge in [-0.1, -0.05) is 0 Å². The Morgan fingerprint density at radius 2 is 1.38 bits per heavy atom. The molecule has 0 unspecified atom stereocenters. The monoisotopic (exact) mass is 306 g/mol. The number of hydrogen-bond acceptors (Lipinski definition) is 6. The van der Waals surface area contributed by atoms with E-state index in [1.807, 2.05) is 0 Å². The van der Waals surface area contributed by atoms with E-state index in [1.165, 1.54) is 26.0 Å². The van der Waals surface area contributed by atoms with Gasteiger partial charge in [0.1, 0.15) is 0 Å². The summed E-state index contributed by atoms with van der Waals surface area (Å²) in [5.41, 5.74) is 1.80. The van der Waals surface area contributed by atoms with Gasteiger partial charge in [-0.05, 0) is 6.42 Å². The van der Waals surface area contributed by atoms with Gasteiger partial charge in [-0.25, -0.2) is 15.2 Å². The zero-order valence-corrected chi connectivity index (χ0v) is 11.8. The Hall–Kier alpha value is -2.40.